The Morgan fingerprint density at radius 1 is 0.448 bits per heavy atom. The van der Waals surface area contributed by atoms with Crippen molar-refractivity contribution < 1.29 is 0 Å². The third-order valence-corrected chi connectivity index (χ3v) is 16.4. The van der Waals surface area contributed by atoms with Gasteiger partial charge in [-0.2, -0.15) is 0 Å². The van der Waals surface area contributed by atoms with Gasteiger partial charge in [-0.3, -0.25) is 0 Å². The molecule has 0 spiro atoms. The molecule has 3 heteroatoms. The molecule has 0 radical (unpaired) electrons. The number of anilines is 6. The molecule has 2 nitrogen and oxygen atoms in total. The minimum absolute atomic E-state index is 0.0160. The van der Waals surface area contributed by atoms with Crippen LogP contribution in [-0.4, -0.2) is 6.71 Å². The maximum absolute atomic E-state index is 2.70. The molecule has 330 valence electrons. The average Bonchev–Trinajstić information content (AvgIpc) is 3.56. The van der Waals surface area contributed by atoms with Crippen molar-refractivity contribution in [3.8, 4) is 33.4 Å². The third kappa shape index (κ3) is 6.16. The number of aryl methyl sites for hydroxylation is 1. The minimum Gasteiger partial charge on any atom is -0.311 e. The van der Waals surface area contributed by atoms with Gasteiger partial charge in [-0.1, -0.05) is 196 Å². The van der Waals surface area contributed by atoms with Crippen LogP contribution in [-0.2, 0) is 21.7 Å². The van der Waals surface area contributed by atoms with Crippen molar-refractivity contribution >= 4 is 57.2 Å². The first-order valence-electron chi connectivity index (χ1n) is 24.6. The first-order valence-corrected chi connectivity index (χ1v) is 24.6. The van der Waals surface area contributed by atoms with E-state index in [2.05, 4.69) is 243 Å². The molecule has 4 aliphatic rings. The molecule has 2 aliphatic carbocycles. The average molecular weight is 869 g/mol. The number of benzene rings is 8. The lowest BCUT2D eigenvalue weighted by atomic mass is 9.32. The van der Waals surface area contributed by atoms with Crippen LogP contribution in [0.15, 0.2) is 164 Å². The number of hydrogen-bond donors (Lipinski definition) is 0. The van der Waals surface area contributed by atoms with Gasteiger partial charge >= 0.3 is 0 Å². The van der Waals surface area contributed by atoms with E-state index in [0.29, 0.717) is 0 Å². The Kier molecular flexibility index (Phi) is 9.03. The van der Waals surface area contributed by atoms with Crippen molar-refractivity contribution in [2.45, 2.75) is 104 Å². The summed E-state index contributed by atoms with van der Waals surface area (Å²) in [5, 5.41) is 0. The van der Waals surface area contributed by atoms with Gasteiger partial charge in [-0.05, 0) is 138 Å². The Morgan fingerprint density at radius 3 is 1.72 bits per heavy atom. The smallest absolute Gasteiger partial charge is 0.252 e. The molecule has 0 bridgehead atoms. The zero-order chi connectivity index (χ0) is 46.4. The number of hydrogen-bond acceptors (Lipinski definition) is 2. The van der Waals surface area contributed by atoms with Crippen LogP contribution in [0.1, 0.15) is 109 Å². The molecule has 0 amide bonds. The van der Waals surface area contributed by atoms with Crippen LogP contribution in [0.4, 0.5) is 34.1 Å². The van der Waals surface area contributed by atoms with Gasteiger partial charge < -0.3 is 9.80 Å². The van der Waals surface area contributed by atoms with Crippen molar-refractivity contribution in [3.63, 3.8) is 0 Å². The highest BCUT2D eigenvalue weighted by molar-refractivity contribution is 7.00. The number of nitrogens with zero attached hydrogens (tertiary/aromatic N) is 2. The highest BCUT2D eigenvalue weighted by Crippen LogP contribution is 2.57. The van der Waals surface area contributed by atoms with E-state index < -0.39 is 0 Å². The lowest BCUT2D eigenvalue weighted by Crippen LogP contribution is -2.62. The number of para-hydroxylation sites is 1. The molecule has 8 aromatic rings. The molecule has 8 aromatic carbocycles. The normalized spacial score (nSPS) is 16.7. The summed E-state index contributed by atoms with van der Waals surface area (Å²) < 4.78 is 0. The van der Waals surface area contributed by atoms with Crippen LogP contribution in [0.5, 0.6) is 0 Å². The topological polar surface area (TPSA) is 6.48 Å². The molecular formula is C64H61BN2. The van der Waals surface area contributed by atoms with Gasteiger partial charge in [0.15, 0.2) is 0 Å². The highest BCUT2D eigenvalue weighted by Gasteiger charge is 2.49. The van der Waals surface area contributed by atoms with E-state index in [-0.39, 0.29) is 28.4 Å². The van der Waals surface area contributed by atoms with E-state index in [4.69, 9.17) is 0 Å². The predicted octanol–water partition coefficient (Wildman–Crippen LogP) is 15.4. The summed E-state index contributed by atoms with van der Waals surface area (Å²) in [6.07, 6.45) is 2.32. The molecule has 67 heavy (non-hydrogen) atoms. The number of rotatable bonds is 4. The lowest BCUT2D eigenvalue weighted by Gasteiger charge is -2.48. The van der Waals surface area contributed by atoms with Crippen molar-refractivity contribution in [3.05, 3.63) is 197 Å². The van der Waals surface area contributed by atoms with Crippen LogP contribution >= 0.6 is 0 Å². The SMILES string of the molecule is Cc1cc(C(C)(C)C)ccc1N1c2cc3c(cc2B2c4ccc5c(c4N(c4ccccc4-c4ccccc4)c4cc(-c6ccccc6)cc1c42)-c1ccccc1C5(C)C)C(C)(C)CCC3(C)C. The van der Waals surface area contributed by atoms with Crippen LogP contribution in [0.25, 0.3) is 33.4 Å². The van der Waals surface area contributed by atoms with Gasteiger partial charge in [-0.25, -0.2) is 0 Å². The molecular weight excluding hydrogens is 808 g/mol. The quantitative estimate of drug-likeness (QED) is 0.163. The summed E-state index contributed by atoms with van der Waals surface area (Å²) in [5.41, 5.74) is 27.5. The standard InChI is InChI=1S/C64H61BN2/c1-40-35-44(61(2,3)4)29-32-53(40)66-55-39-50-49(62(5,6)33-34-63(50,7)8)38-52(55)65-51-31-30-48-58(46-26-17-19-27-47(46)64(48,9)10)60(51)67(54-28-20-18-25-45(54)42-23-15-12-16-24-42)57-37-43(36-56(66)59(57)65)41-21-13-11-14-22-41/h11-32,35-39H,33-34H2,1-10H3. The van der Waals surface area contributed by atoms with Gasteiger partial charge in [0.05, 0.1) is 5.69 Å². The summed E-state index contributed by atoms with van der Waals surface area (Å²) in [6, 6.07) is 63.1. The van der Waals surface area contributed by atoms with E-state index >= 15 is 0 Å². The Morgan fingerprint density at radius 2 is 1.04 bits per heavy atom. The fourth-order valence-electron chi connectivity index (χ4n) is 12.5. The summed E-state index contributed by atoms with van der Waals surface area (Å²) in [7, 11) is 0. The van der Waals surface area contributed by atoms with Gasteiger partial charge in [-0.15, -0.1) is 0 Å². The zero-order valence-electron chi connectivity index (χ0n) is 41.0. The lowest BCUT2D eigenvalue weighted by molar-refractivity contribution is 0.332. The van der Waals surface area contributed by atoms with Gasteiger partial charge in [0.25, 0.3) is 6.71 Å². The molecule has 0 N–H and O–H groups in total. The van der Waals surface area contributed by atoms with Crippen LogP contribution in [0.3, 0.4) is 0 Å². The second kappa shape index (κ2) is 14.5. The van der Waals surface area contributed by atoms with Crippen molar-refractivity contribution in [1.29, 1.82) is 0 Å². The Hall–Kier alpha value is -6.58. The number of fused-ring (bicyclic) bond motifs is 9. The Balaban J connectivity index is 1.27. The maximum atomic E-state index is 2.70. The molecule has 12 rings (SSSR count). The minimum atomic E-state index is -0.171. The van der Waals surface area contributed by atoms with E-state index in [0.717, 1.165) is 12.8 Å². The molecule has 0 aromatic heterocycles. The van der Waals surface area contributed by atoms with Crippen LogP contribution in [0.2, 0.25) is 0 Å². The molecule has 2 heterocycles. The maximum Gasteiger partial charge on any atom is 0.252 e. The summed E-state index contributed by atoms with van der Waals surface area (Å²) in [4.78, 5) is 5.37. The van der Waals surface area contributed by atoms with E-state index in [9.17, 15) is 0 Å². The fourth-order valence-corrected chi connectivity index (χ4v) is 12.5. The van der Waals surface area contributed by atoms with E-state index in [1.165, 1.54) is 117 Å². The van der Waals surface area contributed by atoms with Crippen LogP contribution < -0.4 is 26.2 Å². The van der Waals surface area contributed by atoms with Crippen molar-refractivity contribution in [2.75, 3.05) is 9.80 Å². The van der Waals surface area contributed by atoms with Gasteiger partial charge in [0.1, 0.15) is 0 Å². The monoisotopic (exact) mass is 868 g/mol. The van der Waals surface area contributed by atoms with Gasteiger partial charge in [0, 0.05) is 45.0 Å². The zero-order valence-corrected chi connectivity index (χ0v) is 41.0. The highest BCUT2D eigenvalue weighted by atomic mass is 15.2. The molecule has 0 unspecified atom stereocenters. The largest absolute Gasteiger partial charge is 0.311 e. The molecule has 0 atom stereocenters. The predicted molar refractivity (Wildman–Crippen MR) is 288 cm³/mol. The van der Waals surface area contributed by atoms with Crippen molar-refractivity contribution in [2.24, 2.45) is 0 Å². The Bertz CT molecular complexity index is 3330. The second-order valence-electron chi connectivity index (χ2n) is 22.9. The first-order chi connectivity index (χ1) is 32.0. The van der Waals surface area contributed by atoms with E-state index in [1.807, 2.05) is 0 Å². The first kappa shape index (κ1) is 41.8. The molecule has 0 saturated heterocycles. The summed E-state index contributed by atoms with van der Waals surface area (Å²) in [5.74, 6) is 0. The Labute approximate surface area is 399 Å². The second-order valence-corrected chi connectivity index (χ2v) is 22.9. The van der Waals surface area contributed by atoms with Crippen LogP contribution in [0, 0.1) is 6.92 Å². The molecule has 0 fully saturated rings. The molecule has 2 aliphatic heterocycles. The fraction of sp³-hybridized carbons (Fsp3) is 0.250. The summed E-state index contributed by atoms with van der Waals surface area (Å²) in [6.45, 7) is 24.1. The molecule has 0 saturated carbocycles. The van der Waals surface area contributed by atoms with Gasteiger partial charge in [0.2, 0.25) is 0 Å². The summed E-state index contributed by atoms with van der Waals surface area (Å²) >= 11 is 0. The van der Waals surface area contributed by atoms with Crippen molar-refractivity contribution in [1.82, 2.24) is 0 Å². The third-order valence-electron chi connectivity index (χ3n) is 16.4. The van der Waals surface area contributed by atoms with E-state index in [1.54, 1.807) is 0 Å².